The third-order valence-electron chi connectivity index (χ3n) is 2.55. The van der Waals surface area contributed by atoms with Crippen molar-refractivity contribution in [2.75, 3.05) is 11.4 Å². The molecular formula is C12H18F3N3. The second-order valence-corrected chi connectivity index (χ2v) is 4.54. The van der Waals surface area contributed by atoms with Crippen molar-refractivity contribution in [1.82, 2.24) is 4.98 Å². The van der Waals surface area contributed by atoms with Crippen molar-refractivity contribution in [2.45, 2.75) is 39.0 Å². The molecule has 1 aromatic heterocycles. The number of alkyl halides is 3. The van der Waals surface area contributed by atoms with Gasteiger partial charge in [0.05, 0.1) is 0 Å². The van der Waals surface area contributed by atoms with E-state index in [0.29, 0.717) is 11.4 Å². The molecule has 0 spiro atoms. The standard InChI is InChI=1S/C12H18F3N3/c1-8(2)18(7-12(13,14)15)11-10(9(3)16)5-4-6-17-11/h4-6,8-9H,7,16H2,1-3H3/t9-/m1/s1. The minimum Gasteiger partial charge on any atom is -0.345 e. The molecular weight excluding hydrogens is 243 g/mol. The number of hydrogen-bond acceptors (Lipinski definition) is 3. The fourth-order valence-corrected chi connectivity index (χ4v) is 1.70. The molecule has 0 radical (unpaired) electrons. The molecule has 0 aliphatic carbocycles. The van der Waals surface area contributed by atoms with E-state index in [2.05, 4.69) is 4.98 Å². The Morgan fingerprint density at radius 2 is 1.94 bits per heavy atom. The highest BCUT2D eigenvalue weighted by Gasteiger charge is 2.33. The molecule has 0 aliphatic rings. The van der Waals surface area contributed by atoms with Gasteiger partial charge in [0.25, 0.3) is 0 Å². The van der Waals surface area contributed by atoms with Crippen molar-refractivity contribution in [2.24, 2.45) is 5.73 Å². The Bertz CT molecular complexity index is 388. The van der Waals surface area contributed by atoms with Gasteiger partial charge < -0.3 is 10.6 Å². The van der Waals surface area contributed by atoms with Crippen LogP contribution in [0.2, 0.25) is 0 Å². The molecule has 0 aromatic carbocycles. The van der Waals surface area contributed by atoms with Gasteiger partial charge in [0, 0.05) is 23.8 Å². The Morgan fingerprint density at radius 3 is 2.39 bits per heavy atom. The van der Waals surface area contributed by atoms with E-state index in [1.54, 1.807) is 32.9 Å². The zero-order valence-electron chi connectivity index (χ0n) is 10.7. The highest BCUT2D eigenvalue weighted by Crippen LogP contribution is 2.27. The highest BCUT2D eigenvalue weighted by molar-refractivity contribution is 5.49. The van der Waals surface area contributed by atoms with E-state index < -0.39 is 12.7 Å². The average molecular weight is 261 g/mol. The first-order valence-electron chi connectivity index (χ1n) is 5.76. The Kier molecular flexibility index (Phi) is 4.56. The van der Waals surface area contributed by atoms with Gasteiger partial charge in [0.2, 0.25) is 0 Å². The molecule has 18 heavy (non-hydrogen) atoms. The van der Waals surface area contributed by atoms with Crippen LogP contribution in [0, 0.1) is 0 Å². The van der Waals surface area contributed by atoms with E-state index in [1.807, 2.05) is 0 Å². The monoisotopic (exact) mass is 261 g/mol. The number of aromatic nitrogens is 1. The molecule has 1 aromatic rings. The number of rotatable bonds is 4. The Hall–Kier alpha value is -1.30. The maximum Gasteiger partial charge on any atom is 0.405 e. The minimum absolute atomic E-state index is 0.305. The topological polar surface area (TPSA) is 42.2 Å². The molecule has 0 saturated carbocycles. The van der Waals surface area contributed by atoms with E-state index in [1.165, 1.54) is 11.1 Å². The van der Waals surface area contributed by atoms with Crippen LogP contribution in [0.3, 0.4) is 0 Å². The maximum atomic E-state index is 12.6. The first-order valence-corrected chi connectivity index (χ1v) is 5.76. The van der Waals surface area contributed by atoms with Crippen LogP contribution in [0.1, 0.15) is 32.4 Å². The second kappa shape index (κ2) is 5.56. The van der Waals surface area contributed by atoms with Gasteiger partial charge in [-0.2, -0.15) is 13.2 Å². The fourth-order valence-electron chi connectivity index (χ4n) is 1.70. The van der Waals surface area contributed by atoms with E-state index in [4.69, 9.17) is 5.73 Å². The number of pyridine rings is 1. The van der Waals surface area contributed by atoms with Gasteiger partial charge in [0.15, 0.2) is 0 Å². The first kappa shape index (κ1) is 14.8. The van der Waals surface area contributed by atoms with Crippen molar-refractivity contribution in [1.29, 1.82) is 0 Å². The minimum atomic E-state index is -4.27. The molecule has 102 valence electrons. The summed E-state index contributed by atoms with van der Waals surface area (Å²) in [4.78, 5) is 5.27. The average Bonchev–Trinajstić information content (AvgIpc) is 2.24. The van der Waals surface area contributed by atoms with E-state index in [0.717, 1.165) is 0 Å². The molecule has 0 saturated heterocycles. The first-order chi connectivity index (χ1) is 8.22. The number of hydrogen-bond donors (Lipinski definition) is 1. The van der Waals surface area contributed by atoms with Gasteiger partial charge in [-0.15, -0.1) is 0 Å². The molecule has 1 rings (SSSR count). The third-order valence-corrected chi connectivity index (χ3v) is 2.55. The lowest BCUT2D eigenvalue weighted by atomic mass is 10.1. The normalized spacial score (nSPS) is 13.8. The molecule has 2 N–H and O–H groups in total. The fraction of sp³-hybridized carbons (Fsp3) is 0.583. The molecule has 1 heterocycles. The van der Waals surface area contributed by atoms with Gasteiger partial charge in [-0.05, 0) is 26.8 Å². The maximum absolute atomic E-state index is 12.6. The molecule has 0 fully saturated rings. The van der Waals surface area contributed by atoms with Crippen molar-refractivity contribution in [3.05, 3.63) is 23.9 Å². The van der Waals surface area contributed by atoms with Crippen LogP contribution in [0.4, 0.5) is 19.0 Å². The van der Waals surface area contributed by atoms with Crippen molar-refractivity contribution >= 4 is 5.82 Å². The molecule has 6 heteroatoms. The predicted octanol–water partition coefficient (Wildman–Crippen LogP) is 2.88. The summed E-state index contributed by atoms with van der Waals surface area (Å²) < 4.78 is 37.8. The summed E-state index contributed by atoms with van der Waals surface area (Å²) in [6, 6.07) is 2.72. The Labute approximate surface area is 105 Å². The summed E-state index contributed by atoms with van der Waals surface area (Å²) in [6.07, 6.45) is -2.79. The summed E-state index contributed by atoms with van der Waals surface area (Å²) in [6.45, 7) is 4.10. The Balaban J connectivity index is 3.14. The van der Waals surface area contributed by atoms with E-state index >= 15 is 0 Å². The lowest BCUT2D eigenvalue weighted by Gasteiger charge is -2.31. The van der Waals surface area contributed by atoms with Crippen molar-refractivity contribution in [3.8, 4) is 0 Å². The SMILES string of the molecule is CC(C)N(CC(F)(F)F)c1ncccc1[C@@H](C)N. The molecule has 3 nitrogen and oxygen atoms in total. The van der Waals surface area contributed by atoms with Gasteiger partial charge >= 0.3 is 6.18 Å². The van der Waals surface area contributed by atoms with Crippen molar-refractivity contribution in [3.63, 3.8) is 0 Å². The van der Waals surface area contributed by atoms with Crippen molar-refractivity contribution < 1.29 is 13.2 Å². The van der Waals surface area contributed by atoms with Gasteiger partial charge in [-0.1, -0.05) is 6.07 Å². The summed E-state index contributed by atoms with van der Waals surface area (Å²) in [7, 11) is 0. The zero-order chi connectivity index (χ0) is 13.9. The number of anilines is 1. The van der Waals surface area contributed by atoms with Crippen LogP contribution in [-0.2, 0) is 0 Å². The molecule has 0 unspecified atom stereocenters. The van der Waals surface area contributed by atoms with Crippen LogP contribution in [0.15, 0.2) is 18.3 Å². The summed E-state index contributed by atoms with van der Waals surface area (Å²) in [5, 5.41) is 0. The summed E-state index contributed by atoms with van der Waals surface area (Å²) in [5.41, 5.74) is 6.39. The van der Waals surface area contributed by atoms with Crippen LogP contribution in [0.5, 0.6) is 0 Å². The summed E-state index contributed by atoms with van der Waals surface area (Å²) in [5.74, 6) is 0.305. The lowest BCUT2D eigenvalue weighted by Crippen LogP contribution is -2.40. The molecule has 0 amide bonds. The number of nitrogens with zero attached hydrogens (tertiary/aromatic N) is 2. The third kappa shape index (κ3) is 3.87. The van der Waals surface area contributed by atoms with Gasteiger partial charge in [-0.3, -0.25) is 0 Å². The lowest BCUT2D eigenvalue weighted by molar-refractivity contribution is -0.120. The smallest absolute Gasteiger partial charge is 0.345 e. The predicted molar refractivity (Wildman–Crippen MR) is 65.4 cm³/mol. The van der Waals surface area contributed by atoms with Crippen LogP contribution in [0.25, 0.3) is 0 Å². The van der Waals surface area contributed by atoms with Gasteiger partial charge in [-0.25, -0.2) is 4.98 Å². The second-order valence-electron chi connectivity index (χ2n) is 4.54. The molecule has 1 atom stereocenters. The summed E-state index contributed by atoms with van der Waals surface area (Å²) >= 11 is 0. The van der Waals surface area contributed by atoms with Crippen LogP contribution in [-0.4, -0.2) is 23.7 Å². The van der Waals surface area contributed by atoms with Crippen LogP contribution < -0.4 is 10.6 Å². The zero-order valence-corrected chi connectivity index (χ0v) is 10.7. The number of halogens is 3. The quantitative estimate of drug-likeness (QED) is 0.906. The Morgan fingerprint density at radius 1 is 1.33 bits per heavy atom. The molecule has 0 bridgehead atoms. The molecule has 0 aliphatic heterocycles. The van der Waals surface area contributed by atoms with Crippen LogP contribution >= 0.6 is 0 Å². The largest absolute Gasteiger partial charge is 0.405 e. The van der Waals surface area contributed by atoms with E-state index in [9.17, 15) is 13.2 Å². The number of nitrogens with two attached hydrogens (primary N) is 1. The highest BCUT2D eigenvalue weighted by atomic mass is 19.4. The van der Waals surface area contributed by atoms with Gasteiger partial charge in [0.1, 0.15) is 12.4 Å². The van der Waals surface area contributed by atoms with E-state index in [-0.39, 0.29) is 12.1 Å².